The van der Waals surface area contributed by atoms with E-state index in [-0.39, 0.29) is 0 Å². The quantitative estimate of drug-likeness (QED) is 0.671. The molecule has 0 saturated carbocycles. The van der Waals surface area contributed by atoms with Gasteiger partial charge in [-0.15, -0.1) is 0 Å². The number of fused-ring (bicyclic) bond motifs is 1. The van der Waals surface area contributed by atoms with Crippen LogP contribution in [0, 0.1) is 5.92 Å². The molecule has 2 heteroatoms. The Hall–Kier alpha value is -0.630. The van der Waals surface area contributed by atoms with E-state index in [1.54, 1.807) is 0 Å². The lowest BCUT2D eigenvalue weighted by atomic mass is 9.91. The molecule has 0 spiro atoms. The third-order valence-corrected chi connectivity index (χ3v) is 4.22. The third kappa shape index (κ3) is 1.44. The predicted molar refractivity (Wildman–Crippen MR) is 55.3 cm³/mol. The Morgan fingerprint density at radius 1 is 1.38 bits per heavy atom. The fourth-order valence-electron chi connectivity index (χ4n) is 1.89. The van der Waals surface area contributed by atoms with E-state index in [4.69, 9.17) is 0 Å². The molecule has 2 unspecified atom stereocenters. The highest BCUT2D eigenvalue weighted by Crippen LogP contribution is 2.36. The zero-order valence-electron chi connectivity index (χ0n) is 7.99. The maximum Gasteiger partial charge on any atom is 0.0538 e. The first-order valence-corrected chi connectivity index (χ1v) is 5.99. The van der Waals surface area contributed by atoms with Gasteiger partial charge in [0.15, 0.2) is 0 Å². The normalized spacial score (nSPS) is 26.4. The summed E-state index contributed by atoms with van der Waals surface area (Å²) in [7, 11) is -0.748. The molecule has 0 N–H and O–H groups in total. The molecule has 1 aromatic rings. The smallest absolute Gasteiger partial charge is 0.0538 e. The van der Waals surface area contributed by atoms with Gasteiger partial charge in [0.2, 0.25) is 0 Å². The number of hydrogen-bond acceptors (Lipinski definition) is 1. The van der Waals surface area contributed by atoms with Crippen LogP contribution in [0.2, 0.25) is 0 Å². The molecule has 2 rings (SSSR count). The van der Waals surface area contributed by atoms with Crippen LogP contribution in [0.15, 0.2) is 29.2 Å². The van der Waals surface area contributed by atoms with Crippen LogP contribution in [0.3, 0.4) is 0 Å². The molecule has 1 aliphatic rings. The SMILES string of the molecule is CC(C)C1CS(=O)c2ccccc21. The average Bonchev–Trinajstić information content (AvgIpc) is 2.45. The molecule has 0 aliphatic carbocycles. The van der Waals surface area contributed by atoms with Gasteiger partial charge in [0, 0.05) is 10.6 Å². The van der Waals surface area contributed by atoms with Crippen LogP contribution in [0.25, 0.3) is 0 Å². The number of hydrogen-bond donors (Lipinski definition) is 0. The van der Waals surface area contributed by atoms with Gasteiger partial charge in [-0.05, 0) is 23.5 Å². The minimum atomic E-state index is -0.748. The van der Waals surface area contributed by atoms with Gasteiger partial charge in [0.1, 0.15) is 0 Å². The van der Waals surface area contributed by atoms with Crippen molar-refractivity contribution < 1.29 is 4.21 Å². The minimum Gasteiger partial charge on any atom is -0.254 e. The zero-order chi connectivity index (χ0) is 9.42. The summed E-state index contributed by atoms with van der Waals surface area (Å²) >= 11 is 0. The Morgan fingerprint density at radius 2 is 2.08 bits per heavy atom. The van der Waals surface area contributed by atoms with Crippen molar-refractivity contribution >= 4 is 10.8 Å². The van der Waals surface area contributed by atoms with Crippen LogP contribution in [-0.4, -0.2) is 9.96 Å². The minimum absolute atomic E-state index is 0.497. The fraction of sp³-hybridized carbons (Fsp3) is 0.455. The topological polar surface area (TPSA) is 17.1 Å². The van der Waals surface area contributed by atoms with Crippen LogP contribution in [0.1, 0.15) is 25.3 Å². The van der Waals surface area contributed by atoms with E-state index in [2.05, 4.69) is 19.9 Å². The van der Waals surface area contributed by atoms with E-state index in [1.807, 2.05) is 18.2 Å². The van der Waals surface area contributed by atoms with Crippen LogP contribution in [0.4, 0.5) is 0 Å². The first-order chi connectivity index (χ1) is 6.20. The molecular formula is C11H14OS. The van der Waals surface area contributed by atoms with E-state index in [9.17, 15) is 4.21 Å². The first kappa shape index (κ1) is 8.95. The van der Waals surface area contributed by atoms with Gasteiger partial charge >= 0.3 is 0 Å². The van der Waals surface area contributed by atoms with E-state index < -0.39 is 10.8 Å². The summed E-state index contributed by atoms with van der Waals surface area (Å²) in [6, 6.07) is 8.12. The summed E-state index contributed by atoms with van der Waals surface area (Å²) in [4.78, 5) is 1.06. The predicted octanol–water partition coefficient (Wildman–Crippen LogP) is 2.55. The van der Waals surface area contributed by atoms with Crippen molar-refractivity contribution in [3.8, 4) is 0 Å². The molecule has 2 atom stereocenters. The fourth-order valence-corrected chi connectivity index (χ4v) is 3.67. The number of benzene rings is 1. The van der Waals surface area contributed by atoms with Crippen LogP contribution in [0.5, 0.6) is 0 Å². The Bertz CT molecular complexity index is 344. The van der Waals surface area contributed by atoms with Crippen LogP contribution >= 0.6 is 0 Å². The molecule has 1 heterocycles. The van der Waals surface area contributed by atoms with Gasteiger partial charge in [-0.3, -0.25) is 4.21 Å². The number of rotatable bonds is 1. The standard InChI is InChI=1S/C11H14OS/c1-8(2)10-7-13(12)11-6-4-3-5-9(10)11/h3-6,8,10H,7H2,1-2H3. The molecule has 0 aromatic heterocycles. The summed E-state index contributed by atoms with van der Waals surface area (Å²) in [6.07, 6.45) is 0. The second-order valence-corrected chi connectivity index (χ2v) is 5.36. The lowest BCUT2D eigenvalue weighted by molar-refractivity contribution is 0.541. The molecule has 0 saturated heterocycles. The summed E-state index contributed by atoms with van der Waals surface area (Å²) in [5.74, 6) is 1.90. The molecule has 1 aromatic carbocycles. The maximum absolute atomic E-state index is 11.7. The van der Waals surface area contributed by atoms with Crippen molar-refractivity contribution in [3.63, 3.8) is 0 Å². The van der Waals surface area contributed by atoms with E-state index >= 15 is 0 Å². The van der Waals surface area contributed by atoms with Gasteiger partial charge < -0.3 is 0 Å². The molecule has 1 nitrogen and oxygen atoms in total. The third-order valence-electron chi connectivity index (χ3n) is 2.70. The Labute approximate surface area is 81.6 Å². The van der Waals surface area contributed by atoms with Crippen molar-refractivity contribution in [2.45, 2.75) is 24.7 Å². The van der Waals surface area contributed by atoms with E-state index in [0.717, 1.165) is 10.6 Å². The van der Waals surface area contributed by atoms with E-state index in [1.165, 1.54) is 5.56 Å². The molecule has 13 heavy (non-hydrogen) atoms. The summed E-state index contributed by atoms with van der Waals surface area (Å²) < 4.78 is 11.7. The zero-order valence-corrected chi connectivity index (χ0v) is 8.80. The van der Waals surface area contributed by atoms with Crippen LogP contribution < -0.4 is 0 Å². The van der Waals surface area contributed by atoms with Crippen molar-refractivity contribution in [3.05, 3.63) is 29.8 Å². The first-order valence-electron chi connectivity index (χ1n) is 4.67. The summed E-state index contributed by atoms with van der Waals surface area (Å²) in [6.45, 7) is 4.40. The lowest BCUT2D eigenvalue weighted by Crippen LogP contribution is -2.06. The van der Waals surface area contributed by atoms with E-state index in [0.29, 0.717) is 11.8 Å². The second kappa shape index (κ2) is 3.26. The Balaban J connectivity index is 2.47. The molecule has 70 valence electrons. The van der Waals surface area contributed by atoms with Gasteiger partial charge in [0.05, 0.1) is 10.8 Å². The van der Waals surface area contributed by atoms with Crippen molar-refractivity contribution in [1.29, 1.82) is 0 Å². The molecule has 0 fully saturated rings. The Kier molecular flexibility index (Phi) is 2.24. The van der Waals surface area contributed by atoms with Gasteiger partial charge in [-0.2, -0.15) is 0 Å². The summed E-state index contributed by atoms with van der Waals surface area (Å²) in [5, 5.41) is 0. The highest BCUT2D eigenvalue weighted by atomic mass is 32.2. The van der Waals surface area contributed by atoms with Gasteiger partial charge in [0.25, 0.3) is 0 Å². The van der Waals surface area contributed by atoms with Crippen LogP contribution in [-0.2, 0) is 10.8 Å². The van der Waals surface area contributed by atoms with Gasteiger partial charge in [-0.25, -0.2) is 0 Å². The Morgan fingerprint density at radius 3 is 2.77 bits per heavy atom. The monoisotopic (exact) mass is 194 g/mol. The van der Waals surface area contributed by atoms with Crippen molar-refractivity contribution in [2.75, 3.05) is 5.75 Å². The largest absolute Gasteiger partial charge is 0.254 e. The second-order valence-electron chi connectivity index (χ2n) is 3.90. The molecule has 0 amide bonds. The maximum atomic E-state index is 11.7. The molecule has 0 bridgehead atoms. The van der Waals surface area contributed by atoms with Gasteiger partial charge in [-0.1, -0.05) is 32.0 Å². The summed E-state index contributed by atoms with van der Waals surface area (Å²) in [5.41, 5.74) is 1.30. The highest BCUT2D eigenvalue weighted by molar-refractivity contribution is 7.85. The van der Waals surface area contributed by atoms with Crippen molar-refractivity contribution in [2.24, 2.45) is 5.92 Å². The highest BCUT2D eigenvalue weighted by Gasteiger charge is 2.29. The average molecular weight is 194 g/mol. The lowest BCUT2D eigenvalue weighted by Gasteiger charge is -2.13. The molecule has 0 radical (unpaired) electrons. The molecular weight excluding hydrogens is 180 g/mol. The molecule has 1 aliphatic heterocycles. The van der Waals surface area contributed by atoms with Crippen molar-refractivity contribution in [1.82, 2.24) is 0 Å².